The van der Waals surface area contributed by atoms with Crippen LogP contribution < -0.4 is 0 Å². The van der Waals surface area contributed by atoms with E-state index in [2.05, 4.69) is 10.2 Å². The number of hydrogen-bond acceptors (Lipinski definition) is 4. The monoisotopic (exact) mass is 267 g/mol. The molecule has 0 aromatic carbocycles. The average molecular weight is 268 g/mol. The Morgan fingerprint density at radius 3 is 2.88 bits per heavy atom. The van der Waals surface area contributed by atoms with Crippen LogP contribution >= 0.6 is 11.6 Å². The number of alkyl halides is 1. The molecule has 92 valence electrons. The predicted molar refractivity (Wildman–Crippen MR) is 59.9 cm³/mol. The minimum absolute atomic E-state index is 0.0521. The maximum absolute atomic E-state index is 11.9. The first-order valence-electron chi connectivity index (χ1n) is 4.57. The smallest absolute Gasteiger partial charge is 0.259 e. The molecule has 1 aromatic rings. The van der Waals surface area contributed by atoms with Gasteiger partial charge in [0.05, 0.1) is 18.2 Å². The summed E-state index contributed by atoms with van der Waals surface area (Å²) in [7, 11) is -0.562. The molecule has 1 aromatic heterocycles. The SMILES string of the molecule is COCC(Cl)CN(C)S(=O)(=O)c1ccn[nH]1. The van der Waals surface area contributed by atoms with Gasteiger partial charge in [-0.2, -0.15) is 9.40 Å². The zero-order valence-electron chi connectivity index (χ0n) is 9.05. The van der Waals surface area contributed by atoms with Crippen LogP contribution in [0.5, 0.6) is 0 Å². The molecule has 0 aliphatic carbocycles. The summed E-state index contributed by atoms with van der Waals surface area (Å²) in [4.78, 5) is 0. The molecule has 16 heavy (non-hydrogen) atoms. The Labute approximate surface area is 99.6 Å². The van der Waals surface area contributed by atoms with Gasteiger partial charge in [-0.25, -0.2) is 8.42 Å². The van der Waals surface area contributed by atoms with E-state index in [4.69, 9.17) is 16.3 Å². The van der Waals surface area contributed by atoms with E-state index in [9.17, 15) is 8.42 Å². The summed E-state index contributed by atoms with van der Waals surface area (Å²) in [5.41, 5.74) is 0. The first-order valence-corrected chi connectivity index (χ1v) is 6.45. The number of aromatic amines is 1. The van der Waals surface area contributed by atoms with Gasteiger partial charge < -0.3 is 4.74 Å². The molecular formula is C8H14ClN3O3S. The Balaban J connectivity index is 2.70. The molecule has 0 saturated heterocycles. The molecule has 0 spiro atoms. The van der Waals surface area contributed by atoms with Crippen molar-refractivity contribution in [2.24, 2.45) is 0 Å². The highest BCUT2D eigenvalue weighted by Gasteiger charge is 2.24. The van der Waals surface area contributed by atoms with Gasteiger partial charge in [-0.05, 0) is 6.07 Å². The van der Waals surface area contributed by atoms with Gasteiger partial charge in [0.2, 0.25) is 0 Å². The van der Waals surface area contributed by atoms with Gasteiger partial charge in [-0.3, -0.25) is 5.10 Å². The van der Waals surface area contributed by atoms with Crippen molar-refractivity contribution >= 4 is 21.6 Å². The number of nitrogens with one attached hydrogen (secondary N) is 1. The van der Waals surface area contributed by atoms with Crippen LogP contribution in [0.15, 0.2) is 17.3 Å². The third-order valence-corrected chi connectivity index (χ3v) is 3.98. The summed E-state index contributed by atoms with van der Waals surface area (Å²) in [6.07, 6.45) is 1.38. The van der Waals surface area contributed by atoms with E-state index in [0.717, 1.165) is 4.31 Å². The summed E-state index contributed by atoms with van der Waals surface area (Å²) in [5, 5.41) is 5.68. The summed E-state index contributed by atoms with van der Waals surface area (Å²) < 4.78 is 29.8. The molecule has 1 N–H and O–H groups in total. The number of ether oxygens (including phenoxy) is 1. The summed E-state index contributed by atoms with van der Waals surface area (Å²) >= 11 is 5.89. The molecule has 1 atom stereocenters. The van der Waals surface area contributed by atoms with Crippen molar-refractivity contribution in [2.45, 2.75) is 10.4 Å². The van der Waals surface area contributed by atoms with Crippen LogP contribution in [0.4, 0.5) is 0 Å². The van der Waals surface area contributed by atoms with E-state index in [0.29, 0.717) is 6.61 Å². The van der Waals surface area contributed by atoms with E-state index in [-0.39, 0.29) is 16.9 Å². The van der Waals surface area contributed by atoms with Crippen molar-refractivity contribution < 1.29 is 13.2 Å². The third kappa shape index (κ3) is 3.18. The van der Waals surface area contributed by atoms with E-state index in [1.165, 1.54) is 26.4 Å². The molecule has 1 unspecified atom stereocenters. The molecule has 1 heterocycles. The zero-order valence-corrected chi connectivity index (χ0v) is 10.6. The molecule has 0 aliphatic heterocycles. The van der Waals surface area contributed by atoms with Crippen molar-refractivity contribution in [1.29, 1.82) is 0 Å². The normalized spacial score (nSPS) is 14.2. The fraction of sp³-hybridized carbons (Fsp3) is 0.625. The number of aromatic nitrogens is 2. The predicted octanol–water partition coefficient (Wildman–Crippen LogP) is 0.284. The second kappa shape index (κ2) is 5.62. The van der Waals surface area contributed by atoms with Crippen LogP contribution in [0, 0.1) is 0 Å². The van der Waals surface area contributed by atoms with Gasteiger partial charge in [0.25, 0.3) is 10.0 Å². The van der Waals surface area contributed by atoms with E-state index >= 15 is 0 Å². The number of halogens is 1. The van der Waals surface area contributed by atoms with Crippen molar-refractivity contribution in [3.05, 3.63) is 12.3 Å². The maximum atomic E-state index is 11.9. The standard InChI is InChI=1S/C8H14ClN3O3S/c1-12(5-7(9)6-15-2)16(13,14)8-3-4-10-11-8/h3-4,7H,5-6H2,1-2H3,(H,10,11). The Hall–Kier alpha value is -0.630. The lowest BCUT2D eigenvalue weighted by Gasteiger charge is -2.18. The van der Waals surface area contributed by atoms with Crippen molar-refractivity contribution in [1.82, 2.24) is 14.5 Å². The summed E-state index contributed by atoms with van der Waals surface area (Å²) in [6.45, 7) is 0.473. The maximum Gasteiger partial charge on any atom is 0.259 e. The first-order chi connectivity index (χ1) is 7.48. The number of sulfonamides is 1. The molecular weight excluding hydrogens is 254 g/mol. The summed E-state index contributed by atoms with van der Waals surface area (Å²) in [6, 6.07) is 1.39. The van der Waals surface area contributed by atoms with Crippen molar-refractivity contribution in [3.63, 3.8) is 0 Å². The van der Waals surface area contributed by atoms with Crippen LogP contribution in [0.2, 0.25) is 0 Å². The molecule has 0 fully saturated rings. The minimum atomic E-state index is -3.53. The quantitative estimate of drug-likeness (QED) is 0.752. The second-order valence-corrected chi connectivity index (χ2v) is 5.89. The Morgan fingerprint density at radius 2 is 2.38 bits per heavy atom. The Morgan fingerprint density at radius 1 is 1.69 bits per heavy atom. The van der Waals surface area contributed by atoms with E-state index in [1.807, 2.05) is 0 Å². The molecule has 0 radical (unpaired) electrons. The topological polar surface area (TPSA) is 75.3 Å². The largest absolute Gasteiger partial charge is 0.383 e. The summed E-state index contributed by atoms with van der Waals surface area (Å²) in [5.74, 6) is 0. The van der Waals surface area contributed by atoms with E-state index in [1.54, 1.807) is 0 Å². The fourth-order valence-corrected chi connectivity index (χ4v) is 2.69. The number of methoxy groups -OCH3 is 1. The number of rotatable bonds is 6. The fourth-order valence-electron chi connectivity index (χ4n) is 1.17. The van der Waals surface area contributed by atoms with Gasteiger partial charge in [0, 0.05) is 20.7 Å². The van der Waals surface area contributed by atoms with Crippen LogP contribution in [-0.4, -0.2) is 55.6 Å². The Bertz CT molecular complexity index is 406. The van der Waals surface area contributed by atoms with Gasteiger partial charge >= 0.3 is 0 Å². The van der Waals surface area contributed by atoms with Gasteiger partial charge in [-0.1, -0.05) is 0 Å². The minimum Gasteiger partial charge on any atom is -0.383 e. The number of H-pyrrole nitrogens is 1. The molecule has 8 heteroatoms. The third-order valence-electron chi connectivity index (χ3n) is 1.97. The molecule has 0 aliphatic rings. The van der Waals surface area contributed by atoms with Gasteiger partial charge in [-0.15, -0.1) is 11.6 Å². The highest BCUT2D eigenvalue weighted by molar-refractivity contribution is 7.89. The van der Waals surface area contributed by atoms with Crippen LogP contribution in [-0.2, 0) is 14.8 Å². The van der Waals surface area contributed by atoms with Crippen LogP contribution in [0.1, 0.15) is 0 Å². The van der Waals surface area contributed by atoms with Crippen LogP contribution in [0.25, 0.3) is 0 Å². The average Bonchev–Trinajstić information content (AvgIpc) is 2.70. The number of hydrogen-bond donors (Lipinski definition) is 1. The molecule has 0 amide bonds. The van der Waals surface area contributed by atoms with Crippen molar-refractivity contribution in [2.75, 3.05) is 27.3 Å². The Kier molecular flexibility index (Phi) is 4.72. The second-order valence-electron chi connectivity index (χ2n) is 3.26. The van der Waals surface area contributed by atoms with Crippen molar-refractivity contribution in [3.8, 4) is 0 Å². The van der Waals surface area contributed by atoms with Gasteiger partial charge in [0.1, 0.15) is 0 Å². The molecule has 1 rings (SSSR count). The lowest BCUT2D eigenvalue weighted by atomic mass is 10.4. The van der Waals surface area contributed by atoms with E-state index < -0.39 is 10.0 Å². The lowest BCUT2D eigenvalue weighted by Crippen LogP contribution is -2.34. The highest BCUT2D eigenvalue weighted by atomic mass is 35.5. The zero-order chi connectivity index (χ0) is 12.2. The van der Waals surface area contributed by atoms with Crippen LogP contribution in [0.3, 0.4) is 0 Å². The highest BCUT2D eigenvalue weighted by Crippen LogP contribution is 2.12. The molecule has 6 nitrogen and oxygen atoms in total. The molecule has 0 saturated carbocycles. The first kappa shape index (κ1) is 13.4. The van der Waals surface area contributed by atoms with Gasteiger partial charge in [0.15, 0.2) is 5.03 Å². The lowest BCUT2D eigenvalue weighted by molar-refractivity contribution is 0.192. The number of nitrogens with zero attached hydrogens (tertiary/aromatic N) is 2. The molecule has 0 bridgehead atoms.